The molecule has 0 aromatic heterocycles. The second-order valence-electron chi connectivity index (χ2n) is 10.8. The minimum atomic E-state index is 0.363. The molecule has 1 saturated heterocycles. The molecule has 0 aromatic carbocycles. The second-order valence-corrected chi connectivity index (χ2v) is 10.8. The predicted molar refractivity (Wildman–Crippen MR) is 151 cm³/mol. The highest BCUT2D eigenvalue weighted by molar-refractivity contribution is 5.76. The van der Waals surface area contributed by atoms with Crippen molar-refractivity contribution >= 4 is 5.91 Å². The molecule has 0 aliphatic carbocycles. The topological polar surface area (TPSA) is 20.3 Å². The van der Waals surface area contributed by atoms with E-state index in [0.29, 0.717) is 5.91 Å². The molecular weight excluding hydrogens is 414 g/mol. The summed E-state index contributed by atoms with van der Waals surface area (Å²) in [4.78, 5) is 14.0. The van der Waals surface area contributed by atoms with E-state index >= 15 is 0 Å². The molecule has 1 atom stereocenters. The largest absolute Gasteiger partial charge is 0.343 e. The lowest BCUT2D eigenvalue weighted by Crippen LogP contribution is -2.27. The van der Waals surface area contributed by atoms with Crippen LogP contribution in [0.25, 0.3) is 0 Å². The third-order valence-electron chi connectivity index (χ3n) is 7.57. The molecule has 198 valence electrons. The molecule has 1 amide bonds. The first-order chi connectivity index (χ1) is 16.7. The molecule has 1 aliphatic heterocycles. The Morgan fingerprint density at radius 3 is 1.62 bits per heavy atom. The normalized spacial score (nSPS) is 15.2. The summed E-state index contributed by atoms with van der Waals surface area (Å²) in [5.74, 6) is 1.30. The van der Waals surface area contributed by atoms with Crippen LogP contribution in [0.1, 0.15) is 155 Å². The number of likely N-dealkylation sites (tertiary alicyclic amines) is 1. The fourth-order valence-electron chi connectivity index (χ4n) is 4.89. The van der Waals surface area contributed by atoms with Crippen LogP contribution in [0, 0.1) is 5.92 Å². The summed E-state index contributed by atoms with van der Waals surface area (Å²) in [6.07, 6.45) is 38.0. The standard InChI is InChI=1S/C32H59NO/c1-3-31(2)27-23-21-19-17-15-13-11-9-7-5-4-6-8-10-12-14-16-18-20-22-24-28-32(34)33-29-25-26-30-33/h10,12,18,20,31H,3-9,11,13-17,19,21-30H2,1-2H3/b12-10+,20-18+. The first kappa shape index (κ1) is 31.0. The van der Waals surface area contributed by atoms with Crippen molar-refractivity contribution in [3.63, 3.8) is 0 Å². The second kappa shape index (κ2) is 23.7. The Morgan fingerprint density at radius 1 is 0.647 bits per heavy atom. The first-order valence-corrected chi connectivity index (χ1v) is 15.3. The highest BCUT2D eigenvalue weighted by atomic mass is 16.2. The molecule has 0 radical (unpaired) electrons. The van der Waals surface area contributed by atoms with Crippen LogP contribution < -0.4 is 0 Å². The summed E-state index contributed by atoms with van der Waals surface area (Å²) in [5, 5.41) is 0. The van der Waals surface area contributed by atoms with Gasteiger partial charge in [-0.15, -0.1) is 0 Å². The summed E-state index contributed by atoms with van der Waals surface area (Å²) < 4.78 is 0. The SMILES string of the molecule is CCC(C)CCCCCCCCCCCCCC/C=C/CC/C=C/CCCC(=O)N1CCCC1. The Kier molecular flexibility index (Phi) is 21.6. The number of allylic oxidation sites excluding steroid dienone is 4. The average Bonchev–Trinajstić information content (AvgIpc) is 3.39. The number of hydrogen-bond donors (Lipinski definition) is 0. The fraction of sp³-hybridized carbons (Fsp3) is 0.844. The van der Waals surface area contributed by atoms with Gasteiger partial charge in [-0.25, -0.2) is 0 Å². The maximum Gasteiger partial charge on any atom is 0.222 e. The Hall–Kier alpha value is -1.05. The number of carbonyl (C=O) groups is 1. The molecule has 0 spiro atoms. The van der Waals surface area contributed by atoms with Crippen molar-refractivity contribution in [3.05, 3.63) is 24.3 Å². The molecule has 0 saturated carbocycles. The van der Waals surface area contributed by atoms with Crippen LogP contribution in [-0.4, -0.2) is 23.9 Å². The van der Waals surface area contributed by atoms with Crippen LogP contribution in [0.5, 0.6) is 0 Å². The molecule has 1 aliphatic rings. The highest BCUT2D eigenvalue weighted by Crippen LogP contribution is 2.16. The predicted octanol–water partition coefficient (Wildman–Crippen LogP) is 10.2. The van der Waals surface area contributed by atoms with Crippen molar-refractivity contribution in [1.29, 1.82) is 0 Å². The molecule has 2 nitrogen and oxygen atoms in total. The molecule has 2 heteroatoms. The molecule has 1 unspecified atom stereocenters. The minimum Gasteiger partial charge on any atom is -0.343 e. The maximum atomic E-state index is 12.0. The van der Waals surface area contributed by atoms with Crippen molar-refractivity contribution < 1.29 is 4.79 Å². The van der Waals surface area contributed by atoms with Gasteiger partial charge in [0.2, 0.25) is 5.91 Å². The summed E-state index contributed by atoms with van der Waals surface area (Å²) in [5.41, 5.74) is 0. The number of hydrogen-bond acceptors (Lipinski definition) is 1. The van der Waals surface area contributed by atoms with Crippen molar-refractivity contribution in [3.8, 4) is 0 Å². The maximum absolute atomic E-state index is 12.0. The summed E-state index contributed by atoms with van der Waals surface area (Å²) in [6.45, 7) is 6.68. The molecule has 0 aromatic rings. The smallest absolute Gasteiger partial charge is 0.222 e. The van der Waals surface area contributed by atoms with Crippen molar-refractivity contribution in [2.45, 2.75) is 155 Å². The molecular formula is C32H59NO. The summed E-state index contributed by atoms with van der Waals surface area (Å²) in [7, 11) is 0. The quantitative estimate of drug-likeness (QED) is 0.107. The summed E-state index contributed by atoms with van der Waals surface area (Å²) in [6, 6.07) is 0. The zero-order valence-electron chi connectivity index (χ0n) is 23.2. The fourth-order valence-corrected chi connectivity index (χ4v) is 4.89. The van der Waals surface area contributed by atoms with Crippen molar-refractivity contribution in [2.75, 3.05) is 13.1 Å². The molecule has 1 fully saturated rings. The summed E-state index contributed by atoms with van der Waals surface area (Å²) >= 11 is 0. The van der Waals surface area contributed by atoms with Gasteiger partial charge in [-0.3, -0.25) is 4.79 Å². The van der Waals surface area contributed by atoms with Crippen molar-refractivity contribution in [2.24, 2.45) is 5.92 Å². The molecule has 0 N–H and O–H groups in total. The molecule has 34 heavy (non-hydrogen) atoms. The average molecular weight is 474 g/mol. The lowest BCUT2D eigenvalue weighted by molar-refractivity contribution is -0.130. The van der Waals surface area contributed by atoms with Crippen LogP contribution in [0.3, 0.4) is 0 Å². The van der Waals surface area contributed by atoms with E-state index in [2.05, 4.69) is 38.2 Å². The minimum absolute atomic E-state index is 0.363. The Labute approximate surface area is 214 Å². The van der Waals surface area contributed by atoms with Gasteiger partial charge in [-0.2, -0.15) is 0 Å². The Bertz CT molecular complexity index is 503. The van der Waals surface area contributed by atoms with Crippen LogP contribution in [0.15, 0.2) is 24.3 Å². The van der Waals surface area contributed by atoms with Crippen LogP contribution >= 0.6 is 0 Å². The number of carbonyl (C=O) groups excluding carboxylic acids is 1. The van der Waals surface area contributed by atoms with E-state index in [1.807, 2.05) is 4.90 Å². The van der Waals surface area contributed by atoms with Gasteiger partial charge in [-0.05, 0) is 57.3 Å². The third-order valence-corrected chi connectivity index (χ3v) is 7.57. The Morgan fingerprint density at radius 2 is 1.09 bits per heavy atom. The lowest BCUT2D eigenvalue weighted by atomic mass is 9.99. The van der Waals surface area contributed by atoms with E-state index in [1.54, 1.807) is 0 Å². The van der Waals surface area contributed by atoms with E-state index in [4.69, 9.17) is 0 Å². The third kappa shape index (κ3) is 19.3. The first-order valence-electron chi connectivity index (χ1n) is 15.3. The van der Waals surface area contributed by atoms with Gasteiger partial charge in [0.1, 0.15) is 0 Å². The van der Waals surface area contributed by atoms with Crippen LogP contribution in [0.4, 0.5) is 0 Å². The molecule has 0 bridgehead atoms. The van der Waals surface area contributed by atoms with Crippen molar-refractivity contribution in [1.82, 2.24) is 4.90 Å². The van der Waals surface area contributed by atoms with E-state index in [0.717, 1.165) is 51.1 Å². The van der Waals surface area contributed by atoms with Gasteiger partial charge in [0.25, 0.3) is 0 Å². The van der Waals surface area contributed by atoms with Gasteiger partial charge in [-0.1, -0.05) is 122 Å². The number of unbranched alkanes of at least 4 members (excludes halogenated alkanes) is 14. The van der Waals surface area contributed by atoms with Gasteiger partial charge in [0.15, 0.2) is 0 Å². The van der Waals surface area contributed by atoms with Gasteiger partial charge in [0, 0.05) is 19.5 Å². The lowest BCUT2D eigenvalue weighted by Gasteiger charge is -2.14. The van der Waals surface area contributed by atoms with E-state index < -0.39 is 0 Å². The van der Waals surface area contributed by atoms with Gasteiger partial charge in [0.05, 0.1) is 0 Å². The van der Waals surface area contributed by atoms with Gasteiger partial charge < -0.3 is 4.90 Å². The van der Waals surface area contributed by atoms with Crippen LogP contribution in [0.2, 0.25) is 0 Å². The van der Waals surface area contributed by atoms with Crippen LogP contribution in [-0.2, 0) is 4.79 Å². The number of amides is 1. The Balaban J connectivity index is 1.73. The number of nitrogens with zero attached hydrogens (tertiary/aromatic N) is 1. The van der Waals surface area contributed by atoms with E-state index in [9.17, 15) is 4.79 Å². The highest BCUT2D eigenvalue weighted by Gasteiger charge is 2.16. The zero-order valence-corrected chi connectivity index (χ0v) is 23.2. The zero-order chi connectivity index (χ0) is 24.5. The number of rotatable bonds is 23. The van der Waals surface area contributed by atoms with E-state index in [-0.39, 0.29) is 0 Å². The molecule has 1 heterocycles. The molecule has 1 rings (SSSR count). The monoisotopic (exact) mass is 473 g/mol. The van der Waals surface area contributed by atoms with Gasteiger partial charge >= 0.3 is 0 Å². The van der Waals surface area contributed by atoms with E-state index in [1.165, 1.54) is 109 Å².